The van der Waals surface area contributed by atoms with Gasteiger partial charge in [-0.1, -0.05) is 6.07 Å². The van der Waals surface area contributed by atoms with Gasteiger partial charge in [-0.25, -0.2) is 4.79 Å². The first-order chi connectivity index (χ1) is 15.6. The van der Waals surface area contributed by atoms with Crippen molar-refractivity contribution >= 4 is 23.3 Å². The zero-order valence-corrected chi connectivity index (χ0v) is 17.7. The fraction of sp³-hybridized carbons (Fsp3) is 0.304. The van der Waals surface area contributed by atoms with Crippen molar-refractivity contribution in [2.24, 2.45) is 0 Å². The Balaban J connectivity index is 1.66. The summed E-state index contributed by atoms with van der Waals surface area (Å²) in [5, 5.41) is 2.82. The molecule has 1 N–H and O–H groups in total. The van der Waals surface area contributed by atoms with Crippen LogP contribution < -0.4 is 5.32 Å². The number of nitrogens with zero attached hydrogens (tertiary/aromatic N) is 3. The average Bonchev–Trinajstić information content (AvgIpc) is 3.22. The maximum atomic E-state index is 12.9. The number of amides is 2. The molecule has 0 atom stereocenters. The van der Waals surface area contributed by atoms with Crippen LogP contribution in [0.15, 0.2) is 48.8 Å². The number of hydrogen-bond acceptors (Lipinski definition) is 6. The molecule has 0 spiro atoms. The van der Waals surface area contributed by atoms with Gasteiger partial charge in [0.2, 0.25) is 0 Å². The first-order valence-electron chi connectivity index (χ1n) is 10.5. The van der Waals surface area contributed by atoms with Crippen molar-refractivity contribution in [1.82, 2.24) is 19.6 Å². The molecular weight excluding hydrogens is 412 g/mol. The Hall–Kier alpha value is -3.72. The topological polar surface area (TPSA) is 102 Å². The van der Waals surface area contributed by atoms with E-state index in [-0.39, 0.29) is 36.2 Å². The number of rotatable bonds is 6. The predicted octanol–water partition coefficient (Wildman–Crippen LogP) is 1.91. The Labute approximate surface area is 184 Å². The Morgan fingerprint density at radius 3 is 2.69 bits per heavy atom. The Kier molecular flexibility index (Phi) is 6.46. The molecule has 0 aromatic carbocycles. The lowest BCUT2D eigenvalue weighted by molar-refractivity contribution is 0.0303. The second-order valence-corrected chi connectivity index (χ2v) is 7.24. The molecule has 9 nitrogen and oxygen atoms in total. The second-order valence-electron chi connectivity index (χ2n) is 7.24. The number of fused-ring (bicyclic) bond motifs is 1. The van der Waals surface area contributed by atoms with Gasteiger partial charge in [-0.05, 0) is 37.3 Å². The van der Waals surface area contributed by atoms with Gasteiger partial charge in [0.05, 0.1) is 43.1 Å². The van der Waals surface area contributed by atoms with Gasteiger partial charge in [-0.2, -0.15) is 0 Å². The van der Waals surface area contributed by atoms with Crippen LogP contribution in [-0.4, -0.2) is 65.0 Å². The molecule has 9 heteroatoms. The number of hydrogen-bond donors (Lipinski definition) is 1. The summed E-state index contributed by atoms with van der Waals surface area (Å²) in [6, 6.07) is 10.2. The molecule has 0 saturated carbocycles. The summed E-state index contributed by atoms with van der Waals surface area (Å²) in [5.74, 6) is -1.06. The maximum absolute atomic E-state index is 12.9. The van der Waals surface area contributed by atoms with Crippen LogP contribution in [0.25, 0.3) is 5.52 Å². The van der Waals surface area contributed by atoms with E-state index in [1.807, 2.05) is 12.1 Å². The quantitative estimate of drug-likeness (QED) is 0.593. The van der Waals surface area contributed by atoms with Crippen LogP contribution in [0.2, 0.25) is 0 Å². The molecule has 166 valence electrons. The third-order valence-corrected chi connectivity index (χ3v) is 5.20. The molecule has 0 radical (unpaired) electrons. The van der Waals surface area contributed by atoms with E-state index in [1.165, 1.54) is 6.07 Å². The van der Waals surface area contributed by atoms with Gasteiger partial charge in [-0.15, -0.1) is 0 Å². The highest BCUT2D eigenvalue weighted by atomic mass is 16.5. The molecule has 1 saturated heterocycles. The molecule has 0 bridgehead atoms. The van der Waals surface area contributed by atoms with Gasteiger partial charge >= 0.3 is 5.97 Å². The van der Waals surface area contributed by atoms with Crippen molar-refractivity contribution in [3.8, 4) is 0 Å². The molecule has 0 aliphatic carbocycles. The fourth-order valence-electron chi connectivity index (χ4n) is 3.59. The van der Waals surface area contributed by atoms with Gasteiger partial charge in [0.25, 0.3) is 11.8 Å². The predicted molar refractivity (Wildman–Crippen MR) is 115 cm³/mol. The van der Waals surface area contributed by atoms with Crippen molar-refractivity contribution in [1.29, 1.82) is 0 Å². The minimum atomic E-state index is -0.551. The molecule has 0 unspecified atom stereocenters. The number of morpholine rings is 1. The zero-order valence-electron chi connectivity index (χ0n) is 17.7. The van der Waals surface area contributed by atoms with E-state index in [9.17, 15) is 14.4 Å². The van der Waals surface area contributed by atoms with E-state index in [1.54, 1.807) is 46.8 Å². The molecule has 1 fully saturated rings. The lowest BCUT2D eigenvalue weighted by Crippen LogP contribution is -2.40. The first-order valence-corrected chi connectivity index (χ1v) is 10.5. The van der Waals surface area contributed by atoms with E-state index < -0.39 is 5.97 Å². The van der Waals surface area contributed by atoms with Crippen LogP contribution in [0, 0.1) is 0 Å². The molecule has 3 aromatic rings. The fourth-order valence-corrected chi connectivity index (χ4v) is 3.59. The number of carbonyl (C=O) groups excluding carboxylic acids is 3. The standard InChI is InChI=1S/C23H24N4O5/c1-2-32-23(30)18-14-20(21(28)25-15-17-5-3-4-7-24-17)27-8-6-16(13-19(18)27)22(29)26-9-11-31-12-10-26/h3-8,13-14H,2,9-12,15H2,1H3,(H,25,28). The number of carbonyl (C=O) groups is 3. The highest BCUT2D eigenvalue weighted by Gasteiger charge is 2.24. The first kappa shape index (κ1) is 21.5. The van der Waals surface area contributed by atoms with Crippen molar-refractivity contribution in [2.75, 3.05) is 32.9 Å². The Bertz CT molecular complexity index is 1140. The number of aromatic nitrogens is 2. The highest BCUT2D eigenvalue weighted by molar-refractivity contribution is 6.04. The van der Waals surface area contributed by atoms with Crippen LogP contribution in [0.1, 0.15) is 43.8 Å². The number of pyridine rings is 2. The van der Waals surface area contributed by atoms with Crippen LogP contribution in [0.3, 0.4) is 0 Å². The summed E-state index contributed by atoms with van der Waals surface area (Å²) in [7, 11) is 0. The minimum Gasteiger partial charge on any atom is -0.462 e. The third-order valence-electron chi connectivity index (χ3n) is 5.20. The summed E-state index contributed by atoms with van der Waals surface area (Å²) >= 11 is 0. The summed E-state index contributed by atoms with van der Waals surface area (Å²) in [6.07, 6.45) is 3.28. The molecule has 1 aliphatic rings. The molecule has 1 aliphatic heterocycles. The molecular formula is C23H24N4O5. The summed E-state index contributed by atoms with van der Waals surface area (Å²) in [5.41, 5.74) is 2.08. The summed E-state index contributed by atoms with van der Waals surface area (Å²) in [6.45, 7) is 4.17. The van der Waals surface area contributed by atoms with Crippen molar-refractivity contribution in [3.05, 3.63) is 71.3 Å². The normalized spacial score (nSPS) is 13.7. The zero-order chi connectivity index (χ0) is 22.5. The number of esters is 1. The average molecular weight is 436 g/mol. The van der Waals surface area contributed by atoms with E-state index in [0.717, 1.165) is 0 Å². The molecule has 2 amide bonds. The van der Waals surface area contributed by atoms with E-state index >= 15 is 0 Å². The summed E-state index contributed by atoms with van der Waals surface area (Å²) < 4.78 is 12.1. The largest absolute Gasteiger partial charge is 0.462 e. The monoisotopic (exact) mass is 436 g/mol. The third kappa shape index (κ3) is 4.47. The molecule has 4 rings (SSSR count). The van der Waals surface area contributed by atoms with Crippen LogP contribution >= 0.6 is 0 Å². The molecule has 4 heterocycles. The van der Waals surface area contributed by atoms with Crippen LogP contribution in [0.4, 0.5) is 0 Å². The number of nitrogens with one attached hydrogen (secondary N) is 1. The van der Waals surface area contributed by atoms with Gasteiger partial charge in [0, 0.05) is 31.0 Å². The van der Waals surface area contributed by atoms with Gasteiger partial charge in [0.15, 0.2) is 0 Å². The molecule has 3 aromatic heterocycles. The highest BCUT2D eigenvalue weighted by Crippen LogP contribution is 2.21. The van der Waals surface area contributed by atoms with E-state index in [0.29, 0.717) is 43.1 Å². The lowest BCUT2D eigenvalue weighted by Gasteiger charge is -2.26. The Morgan fingerprint density at radius 1 is 1.16 bits per heavy atom. The van der Waals surface area contributed by atoms with Crippen molar-refractivity contribution in [3.63, 3.8) is 0 Å². The smallest absolute Gasteiger partial charge is 0.340 e. The van der Waals surface area contributed by atoms with Crippen LogP contribution in [0.5, 0.6) is 0 Å². The Morgan fingerprint density at radius 2 is 1.97 bits per heavy atom. The minimum absolute atomic E-state index is 0.145. The summed E-state index contributed by atoms with van der Waals surface area (Å²) in [4.78, 5) is 44.3. The number of ether oxygens (including phenoxy) is 2. The SMILES string of the molecule is CCOC(=O)c1cc(C(=O)NCc2ccccn2)n2ccc(C(=O)N3CCOCC3)cc12. The van der Waals surface area contributed by atoms with E-state index in [2.05, 4.69) is 10.3 Å². The second kappa shape index (κ2) is 9.61. The lowest BCUT2D eigenvalue weighted by atomic mass is 10.1. The van der Waals surface area contributed by atoms with Crippen LogP contribution in [-0.2, 0) is 16.0 Å². The van der Waals surface area contributed by atoms with Crippen molar-refractivity contribution < 1.29 is 23.9 Å². The molecule has 32 heavy (non-hydrogen) atoms. The van der Waals surface area contributed by atoms with Gasteiger partial charge in [-0.3, -0.25) is 14.6 Å². The van der Waals surface area contributed by atoms with Gasteiger partial charge in [0.1, 0.15) is 5.69 Å². The van der Waals surface area contributed by atoms with E-state index in [4.69, 9.17) is 9.47 Å². The van der Waals surface area contributed by atoms with Crippen molar-refractivity contribution in [2.45, 2.75) is 13.5 Å². The maximum Gasteiger partial charge on any atom is 0.340 e. The van der Waals surface area contributed by atoms with Gasteiger partial charge < -0.3 is 24.1 Å².